The molecule has 5 rings (SSSR count). The molecule has 0 spiro atoms. The number of halogens is 2. The fourth-order valence-corrected chi connectivity index (χ4v) is 5.46. The molecule has 12 heteroatoms. The summed E-state index contributed by atoms with van der Waals surface area (Å²) >= 11 is 0. The van der Waals surface area contributed by atoms with Crippen molar-refractivity contribution >= 4 is 17.8 Å². The third kappa shape index (κ3) is 7.71. The van der Waals surface area contributed by atoms with E-state index in [0.717, 1.165) is 49.6 Å². The van der Waals surface area contributed by atoms with Crippen molar-refractivity contribution in [2.24, 2.45) is 5.92 Å². The molecular formula is C31H40F2N6O4. The van der Waals surface area contributed by atoms with E-state index in [0.29, 0.717) is 37.5 Å². The summed E-state index contributed by atoms with van der Waals surface area (Å²) in [5, 5.41) is 6.92. The van der Waals surface area contributed by atoms with Crippen LogP contribution in [0.5, 0.6) is 5.88 Å². The molecule has 0 radical (unpaired) electrons. The van der Waals surface area contributed by atoms with Crippen LogP contribution in [0.1, 0.15) is 70.7 Å². The number of carbonyl (C=O) groups is 1. The van der Waals surface area contributed by atoms with Gasteiger partial charge in [-0.05, 0) is 69.4 Å². The number of piperidine rings is 1. The Bertz CT molecular complexity index is 1390. The molecule has 2 atom stereocenters. The summed E-state index contributed by atoms with van der Waals surface area (Å²) in [4.78, 5) is 25.7. The quantitative estimate of drug-likeness (QED) is 0.352. The van der Waals surface area contributed by atoms with Crippen molar-refractivity contribution in [3.63, 3.8) is 0 Å². The number of nitrogens with one attached hydrogen (secondary N) is 1. The summed E-state index contributed by atoms with van der Waals surface area (Å²) in [6.45, 7) is 12.3. The number of hydrogen-bond donors (Lipinski definition) is 1. The number of rotatable bonds is 8. The Kier molecular flexibility index (Phi) is 9.03. The van der Waals surface area contributed by atoms with Crippen LogP contribution in [0, 0.1) is 17.6 Å². The van der Waals surface area contributed by atoms with Crippen LogP contribution < -0.4 is 19.9 Å². The predicted octanol–water partition coefficient (Wildman–Crippen LogP) is 5.66. The summed E-state index contributed by atoms with van der Waals surface area (Å²) in [5.74, 6) is 0.292. The Hall–Kier alpha value is -3.96. The molecule has 3 aromatic rings. The summed E-state index contributed by atoms with van der Waals surface area (Å²) in [6.07, 6.45) is 2.98. The highest BCUT2D eigenvalue weighted by atomic mass is 19.1. The Morgan fingerprint density at radius 3 is 2.53 bits per heavy atom. The molecule has 2 fully saturated rings. The molecular weight excluding hydrogens is 558 g/mol. The molecule has 2 saturated heterocycles. The number of ether oxygens (including phenoxy) is 2. The van der Waals surface area contributed by atoms with Gasteiger partial charge in [-0.3, -0.25) is 0 Å². The van der Waals surface area contributed by atoms with Gasteiger partial charge in [0.15, 0.2) is 5.82 Å². The number of amides is 1. The zero-order valence-corrected chi connectivity index (χ0v) is 25.3. The molecule has 0 bridgehead atoms. The Morgan fingerprint density at radius 2 is 1.88 bits per heavy atom. The monoisotopic (exact) mass is 598 g/mol. The number of carbonyl (C=O) groups excluding carboxylic acids is 1. The van der Waals surface area contributed by atoms with E-state index >= 15 is 0 Å². The van der Waals surface area contributed by atoms with Gasteiger partial charge in [0.25, 0.3) is 0 Å². The van der Waals surface area contributed by atoms with Gasteiger partial charge in [0.1, 0.15) is 17.2 Å². The van der Waals surface area contributed by atoms with E-state index in [4.69, 9.17) is 14.0 Å². The lowest BCUT2D eigenvalue weighted by Gasteiger charge is -2.30. The van der Waals surface area contributed by atoms with E-state index in [9.17, 15) is 13.6 Å². The molecule has 2 unspecified atom stereocenters. The average Bonchev–Trinajstić information content (AvgIpc) is 3.61. The molecule has 0 saturated carbocycles. The van der Waals surface area contributed by atoms with Crippen molar-refractivity contribution in [3.05, 3.63) is 59.6 Å². The Balaban J connectivity index is 1.18. The lowest BCUT2D eigenvalue weighted by molar-refractivity contribution is 0.0504. The molecule has 0 aliphatic carbocycles. The largest absolute Gasteiger partial charge is 0.477 e. The van der Waals surface area contributed by atoms with Crippen LogP contribution in [-0.4, -0.2) is 65.6 Å². The van der Waals surface area contributed by atoms with Crippen LogP contribution in [0.25, 0.3) is 0 Å². The molecule has 1 N–H and O–H groups in total. The van der Waals surface area contributed by atoms with Crippen molar-refractivity contribution < 1.29 is 27.6 Å². The van der Waals surface area contributed by atoms with Gasteiger partial charge in [-0.2, -0.15) is 4.98 Å². The number of alkyl carbamates (subject to hydrolysis) is 1. The van der Waals surface area contributed by atoms with Crippen molar-refractivity contribution in [1.29, 1.82) is 0 Å². The van der Waals surface area contributed by atoms with E-state index in [-0.39, 0.29) is 11.5 Å². The van der Waals surface area contributed by atoms with E-state index in [1.165, 1.54) is 6.07 Å². The normalized spacial score (nSPS) is 19.6. The van der Waals surface area contributed by atoms with Gasteiger partial charge in [0, 0.05) is 44.1 Å². The lowest BCUT2D eigenvalue weighted by atomic mass is 9.94. The van der Waals surface area contributed by atoms with Crippen molar-refractivity contribution in [3.8, 4) is 5.88 Å². The highest BCUT2D eigenvalue weighted by molar-refractivity contribution is 5.69. The summed E-state index contributed by atoms with van der Waals surface area (Å²) in [6, 6.07) is 7.17. The Morgan fingerprint density at radius 1 is 1.12 bits per heavy atom. The number of benzene rings is 1. The Labute approximate surface area is 250 Å². The van der Waals surface area contributed by atoms with Gasteiger partial charge in [-0.15, -0.1) is 0 Å². The fraction of sp³-hybridized carbons (Fsp3) is 0.548. The highest BCUT2D eigenvalue weighted by Gasteiger charge is 2.38. The number of hydrogen-bond acceptors (Lipinski definition) is 9. The maximum atomic E-state index is 14.8. The van der Waals surface area contributed by atoms with Crippen LogP contribution in [0.3, 0.4) is 0 Å². The fourth-order valence-electron chi connectivity index (χ4n) is 5.46. The van der Waals surface area contributed by atoms with Gasteiger partial charge >= 0.3 is 12.1 Å². The maximum absolute atomic E-state index is 14.8. The average molecular weight is 599 g/mol. The first kappa shape index (κ1) is 30.5. The second-order valence-electron chi connectivity index (χ2n) is 12.6. The number of pyridine rings is 1. The highest BCUT2D eigenvalue weighted by Crippen LogP contribution is 2.34. The molecule has 1 amide bonds. The standard InChI is InChI=1S/C31H40F2N6O4/c1-19(2)28-36-29(43-37-28)38-12-10-20(11-13-38)18-41-27-9-7-22(15-34-27)39-16-24(23-14-21(32)6-8-25(23)33)26(17-39)35-30(40)42-31(3,4)5/h6-9,14-15,19-20,24,26H,10-13,16-18H2,1-5H3,(H,35,40). The number of nitrogens with zero attached hydrogens (tertiary/aromatic N) is 5. The zero-order valence-electron chi connectivity index (χ0n) is 25.3. The first-order chi connectivity index (χ1) is 20.4. The van der Waals surface area contributed by atoms with Crippen LogP contribution >= 0.6 is 0 Å². The molecule has 232 valence electrons. The number of anilines is 2. The van der Waals surface area contributed by atoms with Crippen LogP contribution in [0.15, 0.2) is 41.1 Å². The van der Waals surface area contributed by atoms with Crippen LogP contribution in [-0.2, 0) is 4.74 Å². The van der Waals surface area contributed by atoms with Gasteiger partial charge < -0.3 is 29.1 Å². The van der Waals surface area contributed by atoms with Crippen molar-refractivity contribution in [2.45, 2.75) is 70.9 Å². The third-order valence-corrected chi connectivity index (χ3v) is 7.76. The molecule has 2 aliphatic heterocycles. The maximum Gasteiger partial charge on any atom is 0.407 e. The second-order valence-corrected chi connectivity index (χ2v) is 12.6. The molecule has 1 aromatic carbocycles. The van der Waals surface area contributed by atoms with Crippen molar-refractivity contribution in [2.75, 3.05) is 42.6 Å². The summed E-state index contributed by atoms with van der Waals surface area (Å²) < 4.78 is 45.7. The second kappa shape index (κ2) is 12.7. The first-order valence-corrected chi connectivity index (χ1v) is 14.8. The molecule has 2 aliphatic rings. The molecule has 4 heterocycles. The smallest absolute Gasteiger partial charge is 0.407 e. The van der Waals surface area contributed by atoms with Gasteiger partial charge in [-0.1, -0.05) is 19.0 Å². The third-order valence-electron chi connectivity index (χ3n) is 7.76. The number of aromatic nitrogens is 3. The molecule has 2 aromatic heterocycles. The minimum Gasteiger partial charge on any atom is -0.477 e. The minimum atomic E-state index is -0.690. The van der Waals surface area contributed by atoms with E-state index in [2.05, 4.69) is 25.3 Å². The van der Waals surface area contributed by atoms with Gasteiger partial charge in [0.2, 0.25) is 5.88 Å². The SMILES string of the molecule is CC(C)c1noc(N2CCC(COc3ccc(N4CC(NC(=O)OC(C)(C)C)C(c5cc(F)ccc5F)C4)cn3)CC2)n1. The van der Waals surface area contributed by atoms with E-state index < -0.39 is 35.3 Å². The van der Waals surface area contributed by atoms with Gasteiger partial charge in [-0.25, -0.2) is 18.6 Å². The van der Waals surface area contributed by atoms with Gasteiger partial charge in [0.05, 0.1) is 24.5 Å². The van der Waals surface area contributed by atoms with E-state index in [1.807, 2.05) is 30.9 Å². The summed E-state index contributed by atoms with van der Waals surface area (Å²) in [7, 11) is 0. The van der Waals surface area contributed by atoms with Crippen LogP contribution in [0.4, 0.5) is 25.3 Å². The zero-order chi connectivity index (χ0) is 30.7. The minimum absolute atomic E-state index is 0.210. The van der Waals surface area contributed by atoms with E-state index in [1.54, 1.807) is 27.0 Å². The predicted molar refractivity (Wildman–Crippen MR) is 158 cm³/mol. The summed E-state index contributed by atoms with van der Waals surface area (Å²) in [5.41, 5.74) is 0.308. The molecule has 10 nitrogen and oxygen atoms in total. The lowest BCUT2D eigenvalue weighted by Crippen LogP contribution is -2.42. The van der Waals surface area contributed by atoms with Crippen molar-refractivity contribution in [1.82, 2.24) is 20.4 Å². The topological polar surface area (TPSA) is 106 Å². The molecule has 43 heavy (non-hydrogen) atoms. The van der Waals surface area contributed by atoms with Crippen LogP contribution in [0.2, 0.25) is 0 Å². The first-order valence-electron chi connectivity index (χ1n) is 14.8.